The Kier molecular flexibility index (Phi) is 14.5. The van der Waals surface area contributed by atoms with E-state index in [0.29, 0.717) is 26.4 Å². The van der Waals surface area contributed by atoms with Crippen LogP contribution in [0, 0.1) is 5.41 Å². The van der Waals surface area contributed by atoms with E-state index in [1.54, 1.807) is 0 Å². The topological polar surface area (TPSA) is 55.4 Å². The first-order valence-electron chi connectivity index (χ1n) is 11.7. The van der Waals surface area contributed by atoms with E-state index in [9.17, 15) is 0 Å². The fourth-order valence-electron chi connectivity index (χ4n) is 3.28. The molecule has 29 heavy (non-hydrogen) atoms. The smallest absolute Gasteiger partial charge is 0.312 e. The van der Waals surface area contributed by atoms with E-state index >= 15 is 0 Å². The zero-order valence-electron chi connectivity index (χ0n) is 18.6. The summed E-state index contributed by atoms with van der Waals surface area (Å²) in [5.41, 5.74) is -0.218. The standard InChI is InChI=1S/C21H42O6P2/c1-3-5-7-9-11-13-15-22-28-24-17-21(18-25-28)19-26-29(27-20-21)23-16-14-12-10-8-6-4-2/h3-20H2,1-2H3. The van der Waals surface area contributed by atoms with E-state index in [4.69, 9.17) is 27.1 Å². The van der Waals surface area contributed by atoms with Gasteiger partial charge in [-0.1, -0.05) is 78.1 Å². The second-order valence-electron chi connectivity index (χ2n) is 8.24. The Bertz CT molecular complexity index is 346. The van der Waals surface area contributed by atoms with Crippen LogP contribution in [0.3, 0.4) is 0 Å². The van der Waals surface area contributed by atoms with Gasteiger partial charge in [0.15, 0.2) is 0 Å². The Balaban J connectivity index is 1.46. The van der Waals surface area contributed by atoms with Crippen molar-refractivity contribution in [2.24, 2.45) is 5.41 Å². The summed E-state index contributed by atoms with van der Waals surface area (Å²) >= 11 is 0. The van der Waals surface area contributed by atoms with E-state index < -0.39 is 17.2 Å². The molecule has 2 heterocycles. The van der Waals surface area contributed by atoms with Crippen LogP contribution in [-0.2, 0) is 27.1 Å². The molecule has 2 fully saturated rings. The van der Waals surface area contributed by atoms with E-state index in [1.165, 1.54) is 64.2 Å². The van der Waals surface area contributed by atoms with Crippen molar-refractivity contribution in [1.29, 1.82) is 0 Å². The van der Waals surface area contributed by atoms with Crippen molar-refractivity contribution in [2.45, 2.75) is 90.9 Å². The molecule has 0 N–H and O–H groups in total. The Labute approximate surface area is 180 Å². The maximum Gasteiger partial charge on any atom is 0.332 e. The molecule has 2 saturated heterocycles. The minimum Gasteiger partial charge on any atom is -0.312 e. The molecular formula is C21H42O6P2. The molecule has 0 amide bonds. The quantitative estimate of drug-likeness (QED) is 0.181. The van der Waals surface area contributed by atoms with Crippen LogP contribution >= 0.6 is 17.2 Å². The Morgan fingerprint density at radius 3 is 1.28 bits per heavy atom. The first-order chi connectivity index (χ1) is 14.3. The fourth-order valence-corrected chi connectivity index (χ4v) is 5.80. The molecule has 172 valence electrons. The summed E-state index contributed by atoms with van der Waals surface area (Å²) in [7, 11) is -2.43. The predicted molar refractivity (Wildman–Crippen MR) is 119 cm³/mol. The Morgan fingerprint density at radius 2 is 0.897 bits per heavy atom. The minimum atomic E-state index is -1.22. The number of rotatable bonds is 16. The molecule has 6 nitrogen and oxygen atoms in total. The van der Waals surface area contributed by atoms with E-state index in [2.05, 4.69) is 13.8 Å². The van der Waals surface area contributed by atoms with Crippen molar-refractivity contribution < 1.29 is 27.1 Å². The zero-order valence-corrected chi connectivity index (χ0v) is 20.4. The molecule has 2 aliphatic rings. The van der Waals surface area contributed by atoms with Crippen LogP contribution in [0.15, 0.2) is 0 Å². The maximum atomic E-state index is 5.82. The first kappa shape index (κ1) is 25.9. The molecule has 8 heteroatoms. The van der Waals surface area contributed by atoms with Crippen molar-refractivity contribution in [3.63, 3.8) is 0 Å². The second-order valence-corrected chi connectivity index (χ2v) is 10.7. The van der Waals surface area contributed by atoms with Gasteiger partial charge in [-0.15, -0.1) is 0 Å². The van der Waals surface area contributed by atoms with Gasteiger partial charge in [0.1, 0.15) is 0 Å². The van der Waals surface area contributed by atoms with Gasteiger partial charge in [-0.25, -0.2) is 0 Å². The van der Waals surface area contributed by atoms with Gasteiger partial charge in [0.2, 0.25) is 0 Å². The van der Waals surface area contributed by atoms with Crippen LogP contribution in [-0.4, -0.2) is 39.6 Å². The number of unbranched alkanes of at least 4 members (excludes halogenated alkanes) is 10. The molecule has 0 aromatic heterocycles. The Hall–Kier alpha value is 0.620. The summed E-state index contributed by atoms with van der Waals surface area (Å²) in [6, 6.07) is 0. The lowest BCUT2D eigenvalue weighted by Crippen LogP contribution is -2.44. The van der Waals surface area contributed by atoms with Gasteiger partial charge < -0.3 is 27.1 Å². The lowest BCUT2D eigenvalue weighted by molar-refractivity contribution is -0.0761. The van der Waals surface area contributed by atoms with Crippen molar-refractivity contribution in [3.8, 4) is 0 Å². The highest BCUT2D eigenvalue weighted by atomic mass is 31.2. The summed E-state index contributed by atoms with van der Waals surface area (Å²) < 4.78 is 34.8. The van der Waals surface area contributed by atoms with E-state index in [-0.39, 0.29) is 5.41 Å². The van der Waals surface area contributed by atoms with Crippen LogP contribution in [0.4, 0.5) is 0 Å². The van der Waals surface area contributed by atoms with Gasteiger partial charge in [-0.3, -0.25) is 0 Å². The highest BCUT2D eigenvalue weighted by Gasteiger charge is 2.43. The zero-order chi connectivity index (χ0) is 20.6. The number of hydrogen-bond acceptors (Lipinski definition) is 6. The molecule has 1 spiro atoms. The van der Waals surface area contributed by atoms with Crippen molar-refractivity contribution >= 4 is 17.2 Å². The van der Waals surface area contributed by atoms with Crippen molar-refractivity contribution in [2.75, 3.05) is 39.6 Å². The summed E-state index contributed by atoms with van der Waals surface area (Å²) in [6.07, 6.45) is 15.1. The molecule has 0 aromatic carbocycles. The third-order valence-electron chi connectivity index (χ3n) is 5.29. The van der Waals surface area contributed by atoms with Gasteiger partial charge in [-0.2, -0.15) is 0 Å². The van der Waals surface area contributed by atoms with Crippen molar-refractivity contribution in [3.05, 3.63) is 0 Å². The monoisotopic (exact) mass is 452 g/mol. The largest absolute Gasteiger partial charge is 0.332 e. The highest BCUT2D eigenvalue weighted by molar-refractivity contribution is 7.42. The summed E-state index contributed by atoms with van der Waals surface area (Å²) in [6.45, 7) is 8.18. The molecule has 0 bridgehead atoms. The summed E-state index contributed by atoms with van der Waals surface area (Å²) in [5, 5.41) is 0. The Morgan fingerprint density at radius 1 is 0.552 bits per heavy atom. The molecule has 2 aliphatic heterocycles. The minimum absolute atomic E-state index is 0.218. The lowest BCUT2D eigenvalue weighted by atomic mass is 9.93. The normalized spacial score (nSPS) is 27.5. The SMILES string of the molecule is CCCCCCCCOP1OCC2(CO1)COP(OCCCCCCCC)OC2. The van der Waals surface area contributed by atoms with Crippen LogP contribution in [0.25, 0.3) is 0 Å². The van der Waals surface area contributed by atoms with Crippen LogP contribution in [0.2, 0.25) is 0 Å². The molecule has 0 saturated carbocycles. The predicted octanol–water partition coefficient (Wildman–Crippen LogP) is 7.27. The maximum absolute atomic E-state index is 5.82. The second kappa shape index (κ2) is 16.3. The first-order valence-corrected chi connectivity index (χ1v) is 13.8. The third-order valence-corrected chi connectivity index (χ3v) is 7.44. The van der Waals surface area contributed by atoms with Crippen molar-refractivity contribution in [1.82, 2.24) is 0 Å². The van der Waals surface area contributed by atoms with Gasteiger partial charge in [0.25, 0.3) is 0 Å². The molecular weight excluding hydrogens is 410 g/mol. The lowest BCUT2D eigenvalue weighted by Gasteiger charge is -2.41. The van der Waals surface area contributed by atoms with Crippen LogP contribution < -0.4 is 0 Å². The molecule has 0 atom stereocenters. The molecule has 0 aliphatic carbocycles. The molecule has 0 unspecified atom stereocenters. The average Bonchev–Trinajstić information content (AvgIpc) is 2.75. The van der Waals surface area contributed by atoms with Gasteiger partial charge in [-0.05, 0) is 12.8 Å². The van der Waals surface area contributed by atoms with Crippen LogP contribution in [0.5, 0.6) is 0 Å². The number of hydrogen-bond donors (Lipinski definition) is 0. The van der Waals surface area contributed by atoms with Gasteiger partial charge >= 0.3 is 17.2 Å². The summed E-state index contributed by atoms with van der Waals surface area (Å²) in [5.74, 6) is 0. The fraction of sp³-hybridized carbons (Fsp3) is 1.00. The van der Waals surface area contributed by atoms with Crippen LogP contribution in [0.1, 0.15) is 90.9 Å². The van der Waals surface area contributed by atoms with Gasteiger partial charge in [0.05, 0.1) is 45.1 Å². The molecule has 2 rings (SSSR count). The van der Waals surface area contributed by atoms with E-state index in [0.717, 1.165) is 26.1 Å². The highest BCUT2D eigenvalue weighted by Crippen LogP contribution is 2.53. The van der Waals surface area contributed by atoms with Gasteiger partial charge in [0, 0.05) is 0 Å². The molecule has 0 aromatic rings. The molecule has 0 radical (unpaired) electrons. The average molecular weight is 453 g/mol. The summed E-state index contributed by atoms with van der Waals surface area (Å²) in [4.78, 5) is 0. The van der Waals surface area contributed by atoms with E-state index in [1.807, 2.05) is 0 Å². The third kappa shape index (κ3) is 11.2.